The monoisotopic (exact) mass is 247 g/mol. The van der Waals surface area contributed by atoms with Crippen molar-refractivity contribution in [2.24, 2.45) is 0 Å². The first-order chi connectivity index (χ1) is 9.33. The Labute approximate surface area is 112 Å². The SMILES string of the molecule is CCCc1c(C)n2c3ccccc3c3cccc1c32. The summed E-state index contributed by atoms with van der Waals surface area (Å²) < 4.78 is 2.45. The van der Waals surface area contributed by atoms with Crippen LogP contribution >= 0.6 is 0 Å². The van der Waals surface area contributed by atoms with E-state index in [1.807, 2.05) is 0 Å². The molecule has 1 nitrogen and oxygen atoms in total. The van der Waals surface area contributed by atoms with Crippen LogP contribution in [0.2, 0.25) is 0 Å². The molecule has 1 heteroatoms. The van der Waals surface area contributed by atoms with Crippen LogP contribution in [0.15, 0.2) is 42.5 Å². The fraction of sp³-hybridized carbons (Fsp3) is 0.222. The Morgan fingerprint density at radius 1 is 0.895 bits per heavy atom. The van der Waals surface area contributed by atoms with Gasteiger partial charge in [0.25, 0.3) is 0 Å². The lowest BCUT2D eigenvalue weighted by molar-refractivity contribution is 0.913. The Kier molecular flexibility index (Phi) is 2.14. The van der Waals surface area contributed by atoms with E-state index < -0.39 is 0 Å². The molecule has 2 aromatic heterocycles. The number of hydrogen-bond acceptors (Lipinski definition) is 0. The number of para-hydroxylation sites is 2. The molecule has 0 spiro atoms. The van der Waals surface area contributed by atoms with Crippen LogP contribution in [0.5, 0.6) is 0 Å². The maximum atomic E-state index is 2.45. The predicted molar refractivity (Wildman–Crippen MR) is 82.3 cm³/mol. The van der Waals surface area contributed by atoms with Gasteiger partial charge in [-0.05, 0) is 25.0 Å². The lowest BCUT2D eigenvalue weighted by atomic mass is 10.0. The summed E-state index contributed by atoms with van der Waals surface area (Å²) in [7, 11) is 0. The van der Waals surface area contributed by atoms with E-state index in [4.69, 9.17) is 0 Å². The highest BCUT2D eigenvalue weighted by atomic mass is 14.9. The molecule has 0 unspecified atom stereocenters. The van der Waals surface area contributed by atoms with Crippen molar-refractivity contribution in [3.8, 4) is 0 Å². The smallest absolute Gasteiger partial charge is 0.0613 e. The predicted octanol–water partition coefficient (Wildman–Crippen LogP) is 4.94. The third-order valence-corrected chi connectivity index (χ3v) is 4.29. The van der Waals surface area contributed by atoms with Crippen molar-refractivity contribution in [2.45, 2.75) is 26.7 Å². The third-order valence-electron chi connectivity index (χ3n) is 4.29. The highest BCUT2D eigenvalue weighted by Gasteiger charge is 2.17. The van der Waals surface area contributed by atoms with Gasteiger partial charge in [-0.25, -0.2) is 0 Å². The van der Waals surface area contributed by atoms with E-state index in [2.05, 4.69) is 60.7 Å². The lowest BCUT2D eigenvalue weighted by Crippen LogP contribution is -1.88. The third kappa shape index (κ3) is 1.25. The molecule has 19 heavy (non-hydrogen) atoms. The van der Waals surface area contributed by atoms with Gasteiger partial charge < -0.3 is 4.40 Å². The maximum Gasteiger partial charge on any atom is 0.0613 e. The van der Waals surface area contributed by atoms with Gasteiger partial charge in [0, 0.05) is 21.9 Å². The normalized spacial score (nSPS) is 12.1. The number of aryl methyl sites for hydroxylation is 2. The fourth-order valence-electron chi connectivity index (χ4n) is 3.51. The second kappa shape index (κ2) is 3.74. The highest BCUT2D eigenvalue weighted by Crippen LogP contribution is 2.37. The van der Waals surface area contributed by atoms with Crippen LogP contribution in [0.1, 0.15) is 24.6 Å². The quantitative estimate of drug-likeness (QED) is 0.472. The fourth-order valence-corrected chi connectivity index (χ4v) is 3.51. The molecule has 0 saturated heterocycles. The van der Waals surface area contributed by atoms with Crippen molar-refractivity contribution in [2.75, 3.05) is 0 Å². The minimum Gasteiger partial charge on any atom is -0.312 e. The van der Waals surface area contributed by atoms with E-state index in [1.165, 1.54) is 51.3 Å². The van der Waals surface area contributed by atoms with Crippen LogP contribution < -0.4 is 0 Å². The van der Waals surface area contributed by atoms with Crippen LogP contribution in [0.25, 0.3) is 27.2 Å². The molecular formula is C18H17N. The second-order valence-corrected chi connectivity index (χ2v) is 5.37. The average molecular weight is 247 g/mol. The van der Waals surface area contributed by atoms with Crippen molar-refractivity contribution in [3.63, 3.8) is 0 Å². The molecule has 0 N–H and O–H groups in total. The number of aromatic nitrogens is 1. The van der Waals surface area contributed by atoms with Gasteiger partial charge in [0.05, 0.1) is 11.0 Å². The van der Waals surface area contributed by atoms with E-state index in [9.17, 15) is 0 Å². The van der Waals surface area contributed by atoms with Crippen molar-refractivity contribution >= 4 is 27.2 Å². The van der Waals surface area contributed by atoms with Crippen molar-refractivity contribution < 1.29 is 0 Å². The zero-order valence-electron chi connectivity index (χ0n) is 11.4. The minimum absolute atomic E-state index is 1.17. The molecule has 2 heterocycles. The van der Waals surface area contributed by atoms with Crippen molar-refractivity contribution in [1.82, 2.24) is 4.40 Å². The van der Waals surface area contributed by atoms with Gasteiger partial charge in [0.2, 0.25) is 0 Å². The van der Waals surface area contributed by atoms with Crippen molar-refractivity contribution in [1.29, 1.82) is 0 Å². The highest BCUT2D eigenvalue weighted by molar-refractivity contribution is 6.15. The molecule has 4 rings (SSSR count). The molecule has 94 valence electrons. The number of rotatable bonds is 2. The molecule has 0 atom stereocenters. The summed E-state index contributed by atoms with van der Waals surface area (Å²) in [5.74, 6) is 0. The first-order valence-corrected chi connectivity index (χ1v) is 7.05. The zero-order chi connectivity index (χ0) is 13.0. The average Bonchev–Trinajstić information content (AvgIpc) is 2.92. The Morgan fingerprint density at radius 2 is 1.63 bits per heavy atom. The van der Waals surface area contributed by atoms with Gasteiger partial charge in [-0.15, -0.1) is 0 Å². The molecule has 0 bridgehead atoms. The van der Waals surface area contributed by atoms with Crippen LogP contribution in [-0.4, -0.2) is 4.40 Å². The van der Waals surface area contributed by atoms with Crippen LogP contribution in [-0.2, 0) is 6.42 Å². The standard InChI is InChI=1S/C18H17N/c1-3-7-13-12(2)19-17-11-5-4-8-14(17)16-10-6-9-15(13)18(16)19/h4-6,8-11H,3,7H2,1-2H3. The van der Waals surface area contributed by atoms with Gasteiger partial charge in [-0.1, -0.05) is 49.7 Å². The molecule has 0 radical (unpaired) electrons. The summed E-state index contributed by atoms with van der Waals surface area (Å²) in [4.78, 5) is 0. The lowest BCUT2D eigenvalue weighted by Gasteiger charge is -2.01. The van der Waals surface area contributed by atoms with E-state index in [0.717, 1.165) is 0 Å². The molecule has 0 saturated carbocycles. The van der Waals surface area contributed by atoms with E-state index >= 15 is 0 Å². The summed E-state index contributed by atoms with van der Waals surface area (Å²) >= 11 is 0. The van der Waals surface area contributed by atoms with Crippen LogP contribution in [0.4, 0.5) is 0 Å². The van der Waals surface area contributed by atoms with Crippen LogP contribution in [0.3, 0.4) is 0 Å². The summed E-state index contributed by atoms with van der Waals surface area (Å²) in [6, 6.07) is 15.5. The summed E-state index contributed by atoms with van der Waals surface area (Å²) in [5, 5.41) is 4.20. The minimum atomic E-state index is 1.17. The molecule has 0 aliphatic rings. The largest absolute Gasteiger partial charge is 0.312 e. The van der Waals surface area contributed by atoms with E-state index in [-0.39, 0.29) is 0 Å². The molecule has 0 fully saturated rings. The molecule has 0 aliphatic heterocycles. The second-order valence-electron chi connectivity index (χ2n) is 5.37. The molecule has 4 aromatic rings. The first-order valence-electron chi connectivity index (χ1n) is 7.05. The Morgan fingerprint density at radius 3 is 2.47 bits per heavy atom. The molecule has 0 amide bonds. The number of nitrogens with zero attached hydrogens (tertiary/aromatic N) is 1. The van der Waals surface area contributed by atoms with Gasteiger partial charge >= 0.3 is 0 Å². The van der Waals surface area contributed by atoms with E-state index in [1.54, 1.807) is 0 Å². The molecular weight excluding hydrogens is 230 g/mol. The maximum absolute atomic E-state index is 2.45. The molecule has 0 aliphatic carbocycles. The van der Waals surface area contributed by atoms with Gasteiger partial charge in [0.15, 0.2) is 0 Å². The molecule has 2 aromatic carbocycles. The van der Waals surface area contributed by atoms with E-state index in [0.29, 0.717) is 0 Å². The number of benzene rings is 2. The summed E-state index contributed by atoms with van der Waals surface area (Å²) in [6.45, 7) is 4.52. The van der Waals surface area contributed by atoms with Gasteiger partial charge in [0.1, 0.15) is 0 Å². The van der Waals surface area contributed by atoms with Gasteiger partial charge in [-0.2, -0.15) is 0 Å². The Bertz CT molecular complexity index is 883. The number of hydrogen-bond donors (Lipinski definition) is 0. The Balaban J connectivity index is 2.32. The van der Waals surface area contributed by atoms with Gasteiger partial charge in [-0.3, -0.25) is 0 Å². The number of fused-ring (bicyclic) bond motifs is 3. The van der Waals surface area contributed by atoms with Crippen molar-refractivity contribution in [3.05, 3.63) is 53.7 Å². The topological polar surface area (TPSA) is 4.41 Å². The van der Waals surface area contributed by atoms with Crippen LogP contribution in [0, 0.1) is 6.92 Å². The Hall–Kier alpha value is -2.02. The zero-order valence-corrected chi connectivity index (χ0v) is 11.4. The first kappa shape index (κ1) is 10.9. The summed E-state index contributed by atoms with van der Waals surface area (Å²) in [6.07, 6.45) is 2.37. The summed E-state index contributed by atoms with van der Waals surface area (Å²) in [5.41, 5.74) is 5.68.